The van der Waals surface area contributed by atoms with Crippen LogP contribution < -0.4 is 0 Å². The van der Waals surface area contributed by atoms with Crippen molar-refractivity contribution < 1.29 is 29.3 Å². The average molecular weight is 757 g/mol. The van der Waals surface area contributed by atoms with E-state index < -0.39 is 11.9 Å². The van der Waals surface area contributed by atoms with Crippen LogP contribution in [0.2, 0.25) is 0 Å². The predicted octanol–water partition coefficient (Wildman–Crippen LogP) is 10.8. The Balaban J connectivity index is 1.63. The Kier molecular flexibility index (Phi) is 10.9. The summed E-state index contributed by atoms with van der Waals surface area (Å²) in [6.07, 6.45) is 5.35. The number of aryl methyl sites for hydroxylation is 2. The monoisotopic (exact) mass is 756 g/mol. The number of carbonyl (C=O) groups is 3. The van der Waals surface area contributed by atoms with Crippen LogP contribution in [0.25, 0.3) is 44.3 Å². The minimum absolute atomic E-state index is 0.00771. The molecule has 2 aliphatic heterocycles. The third-order valence-electron chi connectivity index (χ3n) is 12.1. The van der Waals surface area contributed by atoms with Crippen LogP contribution in [0.1, 0.15) is 163 Å². The molecule has 1 aliphatic carbocycles. The second-order valence-corrected chi connectivity index (χ2v) is 15.6. The maximum Gasteiger partial charge on any atom is 0.335 e. The number of allylic oxidation sites excluding steroid dienone is 2. The van der Waals surface area contributed by atoms with E-state index in [-0.39, 0.29) is 42.1 Å². The summed E-state index contributed by atoms with van der Waals surface area (Å²) in [4.78, 5) is 55.9. The van der Waals surface area contributed by atoms with E-state index in [1.807, 2.05) is 25.1 Å². The summed E-state index contributed by atoms with van der Waals surface area (Å²) in [6.45, 7) is 15.3. The summed E-state index contributed by atoms with van der Waals surface area (Å²) in [5.41, 5.74) is 14.7. The molecule has 0 amide bonds. The van der Waals surface area contributed by atoms with Crippen molar-refractivity contribution in [2.45, 2.75) is 118 Å². The van der Waals surface area contributed by atoms with Crippen LogP contribution in [0.5, 0.6) is 0 Å². The summed E-state index contributed by atoms with van der Waals surface area (Å²) in [5.74, 6) is -2.42. The van der Waals surface area contributed by atoms with Crippen LogP contribution >= 0.6 is 0 Å². The van der Waals surface area contributed by atoms with Gasteiger partial charge in [0.05, 0.1) is 45.5 Å². The van der Waals surface area contributed by atoms with Gasteiger partial charge in [-0.15, -0.1) is 0 Å². The highest BCUT2D eigenvalue weighted by Gasteiger charge is 2.37. The first-order valence-electron chi connectivity index (χ1n) is 20.0. The standard InChI is InChI=1S/C46H52N4O6/c1-8-10-11-12-19-56-27(7)39-26(6)43-41(28-13-15-29(16-14-28)46(54)55)42-24(4)31(17-18-38(52)53)44(50-42)32-20-37(51)40-25(5)34(48-45(32)40)21-35-30(9-2)23(3)33(47-35)22-36(39)49-43/h13-16,21-22,24,27,31,48-49H,8-12,17-20H2,1-7H3,(H,52,53)(H,54,55). The fourth-order valence-corrected chi connectivity index (χ4v) is 9.07. The quantitative estimate of drug-likeness (QED) is 0.0981. The number of aromatic carboxylic acids is 1. The number of ketones is 1. The number of nitrogens with zero attached hydrogens (tertiary/aromatic N) is 2. The molecular formula is C46H52N4O6. The van der Waals surface area contributed by atoms with Gasteiger partial charge in [0.25, 0.3) is 0 Å². The number of rotatable bonds is 13. The van der Waals surface area contributed by atoms with Crippen molar-refractivity contribution in [3.63, 3.8) is 0 Å². The number of H-pyrrole nitrogens is 2. The zero-order chi connectivity index (χ0) is 40.0. The lowest BCUT2D eigenvalue weighted by molar-refractivity contribution is -0.137. The van der Waals surface area contributed by atoms with E-state index in [2.05, 4.69) is 57.6 Å². The molecule has 5 heterocycles. The molecule has 0 spiro atoms. The highest BCUT2D eigenvalue weighted by Crippen LogP contribution is 2.48. The minimum atomic E-state index is -1.02. The van der Waals surface area contributed by atoms with Crippen LogP contribution in [0.4, 0.5) is 0 Å². The first kappa shape index (κ1) is 38.9. The van der Waals surface area contributed by atoms with Crippen molar-refractivity contribution in [1.29, 1.82) is 0 Å². The molecule has 292 valence electrons. The molecule has 3 aliphatic rings. The van der Waals surface area contributed by atoms with Gasteiger partial charge in [-0.05, 0) is 99.1 Å². The minimum Gasteiger partial charge on any atom is -0.481 e. The molecular weight excluding hydrogens is 705 g/mol. The molecule has 8 bridgehead atoms. The molecule has 3 atom stereocenters. The van der Waals surface area contributed by atoms with E-state index >= 15 is 0 Å². The summed E-state index contributed by atoms with van der Waals surface area (Å²) >= 11 is 0. The fourth-order valence-electron chi connectivity index (χ4n) is 9.07. The van der Waals surface area contributed by atoms with Crippen molar-refractivity contribution in [3.05, 3.63) is 92.6 Å². The van der Waals surface area contributed by atoms with Crippen molar-refractivity contribution in [1.82, 2.24) is 19.9 Å². The van der Waals surface area contributed by atoms with Gasteiger partial charge in [0.2, 0.25) is 0 Å². The second-order valence-electron chi connectivity index (χ2n) is 15.6. The zero-order valence-corrected chi connectivity index (χ0v) is 33.5. The second kappa shape index (κ2) is 15.7. The number of carboxylic acid groups (broad SMARTS) is 2. The van der Waals surface area contributed by atoms with Crippen molar-refractivity contribution in [3.8, 4) is 11.1 Å². The number of Topliss-reactive ketones (excluding diaryl/α,β-unsaturated/α-hetero) is 1. The van der Waals surface area contributed by atoms with Crippen molar-refractivity contribution in [2.75, 3.05) is 6.61 Å². The summed E-state index contributed by atoms with van der Waals surface area (Å²) in [6, 6.07) is 11.0. The number of carboxylic acids is 2. The number of unbranched alkanes of at least 4 members (excludes halogenated alkanes) is 3. The first-order chi connectivity index (χ1) is 26.8. The van der Waals surface area contributed by atoms with E-state index in [0.29, 0.717) is 18.6 Å². The Morgan fingerprint density at radius 2 is 1.61 bits per heavy atom. The van der Waals surface area contributed by atoms with Crippen LogP contribution in [0, 0.1) is 13.8 Å². The Morgan fingerprint density at radius 3 is 2.29 bits per heavy atom. The molecule has 7 rings (SSSR count). The number of hydrogen-bond acceptors (Lipinski definition) is 6. The normalized spacial score (nSPS) is 16.9. The van der Waals surface area contributed by atoms with Gasteiger partial charge in [-0.2, -0.15) is 0 Å². The number of hydrogen-bond donors (Lipinski definition) is 4. The number of ether oxygens (including phenoxy) is 1. The van der Waals surface area contributed by atoms with Crippen LogP contribution in [0.3, 0.4) is 0 Å². The van der Waals surface area contributed by atoms with E-state index in [1.165, 1.54) is 0 Å². The number of fused-ring (bicyclic) bond motifs is 8. The summed E-state index contributed by atoms with van der Waals surface area (Å²) < 4.78 is 6.56. The molecule has 4 N–H and O–H groups in total. The number of benzene rings is 1. The average Bonchev–Trinajstić information content (AvgIpc) is 3.93. The maximum atomic E-state index is 13.8. The van der Waals surface area contributed by atoms with Crippen LogP contribution in [0.15, 0.2) is 36.4 Å². The van der Waals surface area contributed by atoms with Gasteiger partial charge in [0.1, 0.15) is 0 Å². The number of aliphatic carboxylic acids is 1. The molecule has 3 unspecified atom stereocenters. The van der Waals surface area contributed by atoms with Gasteiger partial charge >= 0.3 is 11.9 Å². The van der Waals surface area contributed by atoms with Gasteiger partial charge in [0, 0.05) is 64.6 Å². The summed E-state index contributed by atoms with van der Waals surface area (Å²) in [7, 11) is 0. The van der Waals surface area contributed by atoms with Gasteiger partial charge < -0.3 is 24.9 Å². The van der Waals surface area contributed by atoms with Crippen LogP contribution in [-0.4, -0.2) is 54.5 Å². The Labute approximate surface area is 327 Å². The third kappa shape index (κ3) is 6.89. The predicted molar refractivity (Wildman–Crippen MR) is 220 cm³/mol. The molecule has 0 fully saturated rings. The Morgan fingerprint density at radius 1 is 0.893 bits per heavy atom. The zero-order valence-electron chi connectivity index (χ0n) is 33.5. The molecule has 0 saturated carbocycles. The van der Waals surface area contributed by atoms with E-state index in [9.17, 15) is 24.6 Å². The highest BCUT2D eigenvalue weighted by atomic mass is 16.5. The molecule has 0 radical (unpaired) electrons. The van der Waals surface area contributed by atoms with Gasteiger partial charge in [-0.1, -0.05) is 52.2 Å². The van der Waals surface area contributed by atoms with E-state index in [1.54, 1.807) is 12.1 Å². The van der Waals surface area contributed by atoms with Gasteiger partial charge in [-0.3, -0.25) is 14.6 Å². The van der Waals surface area contributed by atoms with Crippen LogP contribution in [-0.2, 0) is 16.0 Å². The lowest BCUT2D eigenvalue weighted by Crippen LogP contribution is -2.08. The lowest BCUT2D eigenvalue weighted by Gasteiger charge is -2.18. The lowest BCUT2D eigenvalue weighted by atomic mass is 9.83. The molecule has 10 heteroatoms. The Hall–Kier alpha value is -5.35. The number of aromatic nitrogens is 4. The smallest absolute Gasteiger partial charge is 0.335 e. The molecule has 1 aromatic carbocycles. The third-order valence-corrected chi connectivity index (χ3v) is 12.1. The van der Waals surface area contributed by atoms with E-state index in [4.69, 9.17) is 14.7 Å². The number of aromatic amines is 2. The van der Waals surface area contributed by atoms with E-state index in [0.717, 1.165) is 121 Å². The van der Waals surface area contributed by atoms with Gasteiger partial charge in [0.15, 0.2) is 5.78 Å². The molecule has 10 nitrogen and oxygen atoms in total. The highest BCUT2D eigenvalue weighted by molar-refractivity contribution is 6.13. The fraction of sp³-hybridized carbons (Fsp3) is 0.413. The maximum absolute atomic E-state index is 13.8. The SMILES string of the molecule is CCCCCCOC(C)c1c(C)c2[nH]c1cc1nc(cc3[nH]c4c(c5nc(c2-c2ccc(C(=O)O)cc2)C(C)C5CCC(=O)O)CC(=O)c4c3C)C(CC)=C1C. The van der Waals surface area contributed by atoms with Gasteiger partial charge in [-0.25, -0.2) is 9.78 Å². The Bertz CT molecular complexity index is 2450. The molecule has 3 aromatic heterocycles. The summed E-state index contributed by atoms with van der Waals surface area (Å²) in [5, 5.41) is 19.7. The molecule has 4 aromatic rings. The molecule has 56 heavy (non-hydrogen) atoms. The molecule has 0 saturated heterocycles. The van der Waals surface area contributed by atoms with Crippen molar-refractivity contribution in [2.24, 2.45) is 0 Å². The number of carbonyl (C=O) groups excluding carboxylic acids is 1. The largest absolute Gasteiger partial charge is 0.481 e. The van der Waals surface area contributed by atoms with Crippen molar-refractivity contribution >= 4 is 50.9 Å². The first-order valence-corrected chi connectivity index (χ1v) is 20.0. The number of nitrogens with one attached hydrogen (secondary N) is 2. The topological polar surface area (TPSA) is 158 Å².